The second-order valence-electron chi connectivity index (χ2n) is 4.77. The standard InChI is InChI=1S/C14H18N4O2/c1-19-12-4-2-11(3-5-12)14-16-13(17-20-14)10-18-8-6-15-7-9-18/h2-5,15H,6-10H2,1H3. The molecule has 2 heterocycles. The summed E-state index contributed by atoms with van der Waals surface area (Å²) >= 11 is 0. The predicted molar refractivity (Wildman–Crippen MR) is 74.4 cm³/mol. The summed E-state index contributed by atoms with van der Waals surface area (Å²) in [4.78, 5) is 6.77. The van der Waals surface area contributed by atoms with Gasteiger partial charge in [-0.1, -0.05) is 5.16 Å². The topological polar surface area (TPSA) is 63.4 Å². The van der Waals surface area contributed by atoms with Crippen LogP contribution in [0, 0.1) is 0 Å². The Kier molecular flexibility index (Phi) is 3.94. The van der Waals surface area contributed by atoms with Crippen LogP contribution in [0.5, 0.6) is 5.75 Å². The van der Waals surface area contributed by atoms with Crippen LogP contribution in [-0.2, 0) is 6.54 Å². The first-order valence-electron chi connectivity index (χ1n) is 6.75. The molecule has 0 bridgehead atoms. The van der Waals surface area contributed by atoms with Crippen molar-refractivity contribution in [1.82, 2.24) is 20.4 Å². The fourth-order valence-electron chi connectivity index (χ4n) is 2.24. The van der Waals surface area contributed by atoms with Gasteiger partial charge in [-0.05, 0) is 24.3 Å². The molecule has 0 unspecified atom stereocenters. The van der Waals surface area contributed by atoms with Gasteiger partial charge in [0.25, 0.3) is 5.89 Å². The van der Waals surface area contributed by atoms with Gasteiger partial charge in [-0.3, -0.25) is 4.90 Å². The fourth-order valence-corrected chi connectivity index (χ4v) is 2.24. The second kappa shape index (κ2) is 6.02. The van der Waals surface area contributed by atoms with Gasteiger partial charge < -0.3 is 14.6 Å². The van der Waals surface area contributed by atoms with Crippen molar-refractivity contribution in [2.75, 3.05) is 33.3 Å². The molecule has 1 aromatic carbocycles. The summed E-state index contributed by atoms with van der Waals surface area (Å²) in [6.45, 7) is 4.81. The van der Waals surface area contributed by atoms with Crippen LogP contribution in [0.1, 0.15) is 5.82 Å². The van der Waals surface area contributed by atoms with Crippen molar-refractivity contribution in [3.8, 4) is 17.2 Å². The third kappa shape index (κ3) is 2.97. The average molecular weight is 274 g/mol. The smallest absolute Gasteiger partial charge is 0.257 e. The SMILES string of the molecule is COc1ccc(-c2nc(CN3CCNCC3)no2)cc1. The van der Waals surface area contributed by atoms with Crippen LogP contribution in [0.3, 0.4) is 0 Å². The molecule has 1 aliphatic heterocycles. The third-order valence-corrected chi connectivity index (χ3v) is 3.38. The molecule has 0 atom stereocenters. The van der Waals surface area contributed by atoms with E-state index in [9.17, 15) is 0 Å². The van der Waals surface area contributed by atoms with E-state index in [4.69, 9.17) is 9.26 Å². The van der Waals surface area contributed by atoms with Gasteiger partial charge >= 0.3 is 0 Å². The molecule has 6 heteroatoms. The first kappa shape index (κ1) is 13.1. The molecule has 20 heavy (non-hydrogen) atoms. The Labute approximate surface area is 117 Å². The summed E-state index contributed by atoms with van der Waals surface area (Å²) in [5, 5.41) is 7.37. The molecule has 106 valence electrons. The van der Waals surface area contributed by atoms with Crippen molar-refractivity contribution >= 4 is 0 Å². The normalized spacial score (nSPS) is 16.2. The predicted octanol–water partition coefficient (Wildman–Crippen LogP) is 1.15. The van der Waals surface area contributed by atoms with Crippen LogP contribution >= 0.6 is 0 Å². The number of piperazine rings is 1. The van der Waals surface area contributed by atoms with Gasteiger partial charge in [0.2, 0.25) is 0 Å². The minimum Gasteiger partial charge on any atom is -0.497 e. The first-order valence-corrected chi connectivity index (χ1v) is 6.75. The Morgan fingerprint density at radius 2 is 2.00 bits per heavy atom. The molecule has 1 aliphatic rings. The van der Waals surface area contributed by atoms with Gasteiger partial charge in [-0.15, -0.1) is 0 Å². The van der Waals surface area contributed by atoms with E-state index >= 15 is 0 Å². The lowest BCUT2D eigenvalue weighted by Crippen LogP contribution is -2.43. The summed E-state index contributed by atoms with van der Waals surface area (Å²) in [5.41, 5.74) is 0.907. The molecule has 1 N–H and O–H groups in total. The van der Waals surface area contributed by atoms with Crippen molar-refractivity contribution in [1.29, 1.82) is 0 Å². The Bertz CT molecular complexity index is 547. The van der Waals surface area contributed by atoms with Gasteiger partial charge in [-0.2, -0.15) is 4.98 Å². The molecule has 3 rings (SSSR count). The summed E-state index contributed by atoms with van der Waals surface area (Å²) in [6.07, 6.45) is 0. The molecule has 2 aromatic rings. The zero-order valence-electron chi connectivity index (χ0n) is 11.5. The third-order valence-electron chi connectivity index (χ3n) is 3.38. The Morgan fingerprint density at radius 3 is 2.70 bits per heavy atom. The van der Waals surface area contributed by atoms with Crippen LogP contribution in [0.2, 0.25) is 0 Å². The minimum absolute atomic E-state index is 0.554. The molecule has 1 fully saturated rings. The monoisotopic (exact) mass is 274 g/mol. The van der Waals surface area contributed by atoms with Crippen molar-refractivity contribution in [2.24, 2.45) is 0 Å². The van der Waals surface area contributed by atoms with E-state index in [1.807, 2.05) is 24.3 Å². The lowest BCUT2D eigenvalue weighted by Gasteiger charge is -2.25. The van der Waals surface area contributed by atoms with E-state index < -0.39 is 0 Å². The highest BCUT2D eigenvalue weighted by Gasteiger charge is 2.14. The van der Waals surface area contributed by atoms with Gasteiger partial charge in [0, 0.05) is 31.7 Å². The summed E-state index contributed by atoms with van der Waals surface area (Å²) in [7, 11) is 1.65. The van der Waals surface area contributed by atoms with E-state index in [1.54, 1.807) is 7.11 Å². The molecule has 0 aliphatic carbocycles. The van der Waals surface area contributed by atoms with E-state index in [1.165, 1.54) is 0 Å². The second-order valence-corrected chi connectivity index (χ2v) is 4.77. The number of nitrogens with zero attached hydrogens (tertiary/aromatic N) is 3. The number of hydrogen-bond acceptors (Lipinski definition) is 6. The highest BCUT2D eigenvalue weighted by Crippen LogP contribution is 2.20. The molecular weight excluding hydrogens is 256 g/mol. The maximum Gasteiger partial charge on any atom is 0.257 e. The number of aromatic nitrogens is 2. The number of ether oxygens (including phenoxy) is 1. The highest BCUT2D eigenvalue weighted by atomic mass is 16.5. The Hall–Kier alpha value is -1.92. The maximum absolute atomic E-state index is 5.32. The fraction of sp³-hybridized carbons (Fsp3) is 0.429. The zero-order valence-corrected chi connectivity index (χ0v) is 11.5. The number of nitrogens with one attached hydrogen (secondary N) is 1. The van der Waals surface area contributed by atoms with Gasteiger partial charge in [-0.25, -0.2) is 0 Å². The Balaban J connectivity index is 1.68. The molecule has 0 saturated carbocycles. The molecule has 0 spiro atoms. The van der Waals surface area contributed by atoms with Gasteiger partial charge in [0.1, 0.15) is 5.75 Å². The van der Waals surface area contributed by atoms with Crippen molar-refractivity contribution < 1.29 is 9.26 Å². The first-order chi connectivity index (χ1) is 9.85. The van der Waals surface area contributed by atoms with Crippen LogP contribution in [0.4, 0.5) is 0 Å². The van der Waals surface area contributed by atoms with Crippen LogP contribution in [0.15, 0.2) is 28.8 Å². The van der Waals surface area contributed by atoms with Crippen LogP contribution in [0.25, 0.3) is 11.5 Å². The minimum atomic E-state index is 0.554. The molecule has 1 saturated heterocycles. The van der Waals surface area contributed by atoms with Crippen molar-refractivity contribution in [3.05, 3.63) is 30.1 Å². The van der Waals surface area contributed by atoms with Crippen molar-refractivity contribution in [2.45, 2.75) is 6.54 Å². The van der Waals surface area contributed by atoms with E-state index in [-0.39, 0.29) is 0 Å². The van der Waals surface area contributed by atoms with Gasteiger partial charge in [0.15, 0.2) is 5.82 Å². The zero-order chi connectivity index (χ0) is 13.8. The molecule has 0 radical (unpaired) electrons. The molecular formula is C14H18N4O2. The lowest BCUT2D eigenvalue weighted by molar-refractivity contribution is 0.225. The number of methoxy groups -OCH3 is 1. The molecule has 1 aromatic heterocycles. The Morgan fingerprint density at radius 1 is 1.25 bits per heavy atom. The highest BCUT2D eigenvalue weighted by molar-refractivity contribution is 5.54. The summed E-state index contributed by atoms with van der Waals surface area (Å²) < 4.78 is 10.5. The quantitative estimate of drug-likeness (QED) is 0.902. The summed E-state index contributed by atoms with van der Waals surface area (Å²) in [5.74, 6) is 2.10. The van der Waals surface area contributed by atoms with E-state index in [0.717, 1.165) is 49.9 Å². The van der Waals surface area contributed by atoms with E-state index in [2.05, 4.69) is 20.4 Å². The summed E-state index contributed by atoms with van der Waals surface area (Å²) in [6, 6.07) is 7.60. The lowest BCUT2D eigenvalue weighted by atomic mass is 10.2. The number of rotatable bonds is 4. The van der Waals surface area contributed by atoms with Gasteiger partial charge in [0.05, 0.1) is 13.7 Å². The largest absolute Gasteiger partial charge is 0.497 e. The average Bonchev–Trinajstić information content (AvgIpc) is 2.97. The van der Waals surface area contributed by atoms with Crippen LogP contribution in [-0.4, -0.2) is 48.3 Å². The number of hydrogen-bond donors (Lipinski definition) is 1. The molecule has 0 amide bonds. The molecule has 6 nitrogen and oxygen atoms in total. The van der Waals surface area contributed by atoms with Crippen LogP contribution < -0.4 is 10.1 Å². The van der Waals surface area contributed by atoms with E-state index in [0.29, 0.717) is 5.89 Å². The number of benzene rings is 1. The maximum atomic E-state index is 5.32. The van der Waals surface area contributed by atoms with Crippen molar-refractivity contribution in [3.63, 3.8) is 0 Å².